The van der Waals surface area contributed by atoms with Crippen LogP contribution in [0.2, 0.25) is 18.6 Å². The largest absolute Gasteiger partial charge is 0.482 e. The van der Waals surface area contributed by atoms with Crippen molar-refractivity contribution >= 4 is 43.2 Å². The molecule has 2 aromatic rings. The van der Waals surface area contributed by atoms with Gasteiger partial charge in [-0.25, -0.2) is 0 Å². The van der Waals surface area contributed by atoms with Crippen molar-refractivity contribution in [2.24, 2.45) is 5.92 Å². The first-order chi connectivity index (χ1) is 20.5. The van der Waals surface area contributed by atoms with E-state index in [0.29, 0.717) is 34.9 Å². The van der Waals surface area contributed by atoms with Crippen LogP contribution in [-0.2, 0) is 24.7 Å². The van der Waals surface area contributed by atoms with Gasteiger partial charge in [0.15, 0.2) is 12.2 Å². The molecule has 2 saturated heterocycles. The number of carbonyl (C=O) groups is 3. The highest BCUT2D eigenvalue weighted by Crippen LogP contribution is 2.61. The number of halogens is 1. The fourth-order valence-electron chi connectivity index (χ4n) is 7.71. The van der Waals surface area contributed by atoms with E-state index in [1.807, 2.05) is 19.1 Å². The van der Waals surface area contributed by atoms with E-state index in [1.54, 1.807) is 64.2 Å². The number of para-hydroxylation sites is 2. The predicted molar refractivity (Wildman–Crippen MR) is 163 cm³/mol. The summed E-state index contributed by atoms with van der Waals surface area (Å²) < 4.78 is 28.6. The molecule has 2 aromatic carbocycles. The molecular weight excluding hydrogens is 569 g/mol. The van der Waals surface area contributed by atoms with Crippen LogP contribution >= 0.6 is 0 Å². The van der Waals surface area contributed by atoms with Gasteiger partial charge >= 0.3 is 0 Å². The molecule has 1 N–H and O–H groups in total. The fraction of sp³-hybridized carbons (Fsp3) is 0.469. The summed E-state index contributed by atoms with van der Waals surface area (Å²) >= 11 is 0. The first kappa shape index (κ1) is 29.5. The third kappa shape index (κ3) is 4.60. The van der Waals surface area contributed by atoms with E-state index in [1.165, 1.54) is 0 Å². The Morgan fingerprint density at radius 3 is 2.70 bits per heavy atom. The minimum atomic E-state index is -3.49. The van der Waals surface area contributed by atoms with Gasteiger partial charge in [-0.1, -0.05) is 25.1 Å². The minimum absolute atomic E-state index is 0.0767. The molecule has 0 bridgehead atoms. The van der Waals surface area contributed by atoms with Crippen LogP contribution in [-0.4, -0.2) is 74.6 Å². The number of hydrogen-bond donors (Lipinski definition) is 1. The number of rotatable bonds is 7. The van der Waals surface area contributed by atoms with Crippen molar-refractivity contribution in [2.75, 3.05) is 36.1 Å². The standard InChI is InChI=1S/C32H38FN3O6Si/c1-5-14-35-24-13-12-21(36-25-10-6-7-11-26(25)41-19-29(36)39)16-23(24)32(31(35)40)20(2)30(43(3,4)33)27(42-32)17-28(38)34-15-8-9-22(34)18-37/h5-7,10-13,16,20,22,27,30,37H,1,8-9,14-15,17-19H2,2-4H3/t20-,22+,27+,30-,32+/m1/s1. The van der Waals surface area contributed by atoms with E-state index in [0.717, 1.165) is 12.8 Å². The Labute approximate surface area is 252 Å². The number of ether oxygens (including phenoxy) is 2. The quantitative estimate of drug-likeness (QED) is 0.284. The summed E-state index contributed by atoms with van der Waals surface area (Å²) in [5.41, 5.74) is 0.0896. The van der Waals surface area contributed by atoms with Crippen molar-refractivity contribution in [1.29, 1.82) is 0 Å². The maximum atomic E-state index is 16.2. The van der Waals surface area contributed by atoms with Crippen LogP contribution < -0.4 is 14.5 Å². The van der Waals surface area contributed by atoms with Gasteiger partial charge in [0.2, 0.25) is 14.3 Å². The zero-order valence-electron chi connectivity index (χ0n) is 24.8. The molecule has 0 aromatic heterocycles. The smallest absolute Gasteiger partial charge is 0.269 e. The molecule has 0 unspecified atom stereocenters. The van der Waals surface area contributed by atoms with Crippen molar-refractivity contribution in [1.82, 2.24) is 4.90 Å². The number of carbonyl (C=O) groups excluding carboxylic acids is 3. The Kier molecular flexibility index (Phi) is 7.46. The lowest BCUT2D eigenvalue weighted by molar-refractivity contribution is -0.149. The maximum absolute atomic E-state index is 16.2. The van der Waals surface area contributed by atoms with Crippen molar-refractivity contribution in [2.45, 2.75) is 62.6 Å². The van der Waals surface area contributed by atoms with Crippen LogP contribution in [0, 0.1) is 5.92 Å². The molecule has 3 amide bonds. The van der Waals surface area contributed by atoms with Crippen molar-refractivity contribution < 1.29 is 33.1 Å². The Morgan fingerprint density at radius 1 is 1.21 bits per heavy atom. The number of likely N-dealkylation sites (tertiary alicyclic amines) is 1. The van der Waals surface area contributed by atoms with Crippen LogP contribution in [0.5, 0.6) is 5.75 Å². The molecular formula is C32H38FN3O6Si. The fourth-order valence-corrected chi connectivity index (χ4v) is 10.2. The molecule has 0 aliphatic carbocycles. The Bertz CT molecular complexity index is 1480. The zero-order valence-corrected chi connectivity index (χ0v) is 25.8. The van der Waals surface area contributed by atoms with Crippen LogP contribution in [0.25, 0.3) is 0 Å². The zero-order chi connectivity index (χ0) is 30.7. The molecule has 4 aliphatic rings. The number of hydrogen-bond acceptors (Lipinski definition) is 6. The second kappa shape index (κ2) is 10.9. The SMILES string of the molecule is C=CCN1C(=O)[C@@]2(O[C@@H](CC(=O)N3CCC[C@H]3CO)[C@H]([Si](C)(C)F)[C@H]2C)c2cc(N3C(=O)COc4ccccc43)ccc21. The lowest BCUT2D eigenvalue weighted by Gasteiger charge is -2.32. The summed E-state index contributed by atoms with van der Waals surface area (Å²) in [5, 5.41) is 9.80. The van der Waals surface area contributed by atoms with Crippen molar-refractivity contribution in [3.05, 3.63) is 60.7 Å². The summed E-state index contributed by atoms with van der Waals surface area (Å²) in [4.78, 5) is 45.9. The first-order valence-electron chi connectivity index (χ1n) is 14.9. The molecule has 2 fully saturated rings. The molecule has 11 heteroatoms. The molecule has 1 spiro atoms. The Morgan fingerprint density at radius 2 is 1.98 bits per heavy atom. The molecule has 0 saturated carbocycles. The minimum Gasteiger partial charge on any atom is -0.482 e. The van der Waals surface area contributed by atoms with Gasteiger partial charge < -0.3 is 28.5 Å². The monoisotopic (exact) mass is 607 g/mol. The lowest BCUT2D eigenvalue weighted by Crippen LogP contribution is -2.45. The van der Waals surface area contributed by atoms with Crippen LogP contribution in [0.4, 0.5) is 21.2 Å². The van der Waals surface area contributed by atoms with Gasteiger partial charge in [0, 0.05) is 35.8 Å². The van der Waals surface area contributed by atoms with Crippen LogP contribution in [0.15, 0.2) is 55.1 Å². The van der Waals surface area contributed by atoms with E-state index < -0.39 is 31.6 Å². The molecule has 4 heterocycles. The van der Waals surface area contributed by atoms with Crippen LogP contribution in [0.3, 0.4) is 0 Å². The van der Waals surface area contributed by atoms with Gasteiger partial charge in [-0.2, -0.15) is 0 Å². The number of amides is 3. The van der Waals surface area contributed by atoms with E-state index in [9.17, 15) is 19.5 Å². The van der Waals surface area contributed by atoms with E-state index in [4.69, 9.17) is 9.47 Å². The number of nitrogens with zero attached hydrogens (tertiary/aromatic N) is 3. The van der Waals surface area contributed by atoms with Crippen molar-refractivity contribution in [3.63, 3.8) is 0 Å². The van der Waals surface area contributed by atoms with Crippen LogP contribution in [0.1, 0.15) is 31.7 Å². The number of aliphatic hydroxyl groups excluding tert-OH is 1. The lowest BCUT2D eigenvalue weighted by atomic mass is 9.82. The normalized spacial score (nSPS) is 28.3. The predicted octanol–water partition coefficient (Wildman–Crippen LogP) is 4.42. The highest BCUT2D eigenvalue weighted by atomic mass is 28.4. The van der Waals surface area contributed by atoms with Gasteiger partial charge in [-0.3, -0.25) is 19.3 Å². The van der Waals surface area contributed by atoms with E-state index in [2.05, 4.69) is 6.58 Å². The Balaban J connectivity index is 1.45. The summed E-state index contributed by atoms with van der Waals surface area (Å²) in [7, 11) is -3.49. The summed E-state index contributed by atoms with van der Waals surface area (Å²) in [6.45, 7) is 9.37. The molecule has 9 nitrogen and oxygen atoms in total. The highest BCUT2D eigenvalue weighted by Gasteiger charge is 2.67. The molecule has 0 radical (unpaired) electrons. The van der Waals surface area contributed by atoms with E-state index in [-0.39, 0.29) is 49.9 Å². The molecule has 5 atom stereocenters. The second-order valence-electron chi connectivity index (χ2n) is 12.4. The third-order valence-corrected chi connectivity index (χ3v) is 12.0. The van der Waals surface area contributed by atoms with Gasteiger partial charge in [0.1, 0.15) is 5.75 Å². The average Bonchev–Trinajstić information content (AvgIpc) is 3.63. The summed E-state index contributed by atoms with van der Waals surface area (Å²) in [6, 6.07) is 12.4. The molecule has 228 valence electrons. The van der Waals surface area contributed by atoms with Crippen molar-refractivity contribution in [3.8, 4) is 5.75 Å². The van der Waals surface area contributed by atoms with Gasteiger partial charge in [0.25, 0.3) is 11.8 Å². The number of benzene rings is 2. The first-order valence-corrected chi connectivity index (χ1v) is 17.9. The second-order valence-corrected chi connectivity index (χ2v) is 16.2. The van der Waals surface area contributed by atoms with Gasteiger partial charge in [-0.15, -0.1) is 6.58 Å². The van der Waals surface area contributed by atoms with Gasteiger partial charge in [0.05, 0.1) is 36.5 Å². The maximum Gasteiger partial charge on any atom is 0.269 e. The summed E-state index contributed by atoms with van der Waals surface area (Å²) in [6.07, 6.45) is 2.24. The number of fused-ring (bicyclic) bond motifs is 3. The third-order valence-electron chi connectivity index (χ3n) is 9.50. The molecule has 4 aliphatic heterocycles. The summed E-state index contributed by atoms with van der Waals surface area (Å²) in [5.74, 6) is -0.810. The number of aliphatic hydroxyl groups is 1. The molecule has 43 heavy (non-hydrogen) atoms. The topological polar surface area (TPSA) is 99.6 Å². The van der Waals surface area contributed by atoms with Gasteiger partial charge in [-0.05, 0) is 56.3 Å². The highest BCUT2D eigenvalue weighted by molar-refractivity contribution is 6.72. The molecule has 6 rings (SSSR count). The Hall–Kier alpha value is -3.54. The van der Waals surface area contributed by atoms with E-state index >= 15 is 4.11 Å². The number of anilines is 3. The average molecular weight is 608 g/mol.